The highest BCUT2D eigenvalue weighted by molar-refractivity contribution is 5.54. The van der Waals surface area contributed by atoms with Crippen LogP contribution >= 0.6 is 0 Å². The van der Waals surface area contributed by atoms with Crippen LogP contribution < -0.4 is 14.2 Å². The van der Waals surface area contributed by atoms with Crippen LogP contribution in [0.15, 0.2) is 12.1 Å². The SMILES string of the molecule is COc1cc(C[C@@H](C#N)C(OC)OC)cc(OC)c1OC. The van der Waals surface area contributed by atoms with Gasteiger partial charge in [0.2, 0.25) is 5.75 Å². The molecule has 0 N–H and O–H groups in total. The molecule has 1 aromatic carbocycles. The molecule has 6 nitrogen and oxygen atoms in total. The summed E-state index contributed by atoms with van der Waals surface area (Å²) in [6.45, 7) is 0. The van der Waals surface area contributed by atoms with Gasteiger partial charge in [-0.3, -0.25) is 0 Å². The van der Waals surface area contributed by atoms with Crippen molar-refractivity contribution in [2.75, 3.05) is 35.5 Å². The largest absolute Gasteiger partial charge is 0.493 e. The second-order valence-electron chi connectivity index (χ2n) is 4.31. The predicted molar refractivity (Wildman–Crippen MR) is 76.7 cm³/mol. The summed E-state index contributed by atoms with van der Waals surface area (Å²) in [5.41, 5.74) is 0.871. The number of hydrogen-bond donors (Lipinski definition) is 0. The topological polar surface area (TPSA) is 69.9 Å². The summed E-state index contributed by atoms with van der Waals surface area (Å²) in [5, 5.41) is 9.28. The third kappa shape index (κ3) is 4.00. The predicted octanol–water partition coefficient (Wildman–Crippen LogP) is 2.01. The second kappa shape index (κ2) is 8.35. The first-order valence-corrected chi connectivity index (χ1v) is 6.39. The standard InChI is InChI=1S/C15H21NO5/c1-17-12-7-10(8-13(18-2)14(12)19-3)6-11(9-16)15(20-4)21-5/h7-8,11,15H,6H2,1-5H3/t11-/m0/s1. The Hall–Kier alpha value is -1.97. The Kier molecular flexibility index (Phi) is 6.79. The number of hydrogen-bond acceptors (Lipinski definition) is 6. The first-order chi connectivity index (χ1) is 10.1. The van der Waals surface area contributed by atoms with Gasteiger partial charge >= 0.3 is 0 Å². The number of ether oxygens (including phenoxy) is 5. The van der Waals surface area contributed by atoms with Crippen LogP contribution in [-0.4, -0.2) is 41.8 Å². The van der Waals surface area contributed by atoms with Gasteiger partial charge in [-0.2, -0.15) is 5.26 Å². The molecular formula is C15H21NO5. The molecule has 0 radical (unpaired) electrons. The Bertz CT molecular complexity index is 468. The Morgan fingerprint density at radius 3 is 1.81 bits per heavy atom. The van der Waals surface area contributed by atoms with Crippen LogP contribution in [0.3, 0.4) is 0 Å². The van der Waals surface area contributed by atoms with E-state index in [4.69, 9.17) is 23.7 Å². The molecule has 0 bridgehead atoms. The van der Waals surface area contributed by atoms with Crippen LogP contribution in [0, 0.1) is 17.2 Å². The Morgan fingerprint density at radius 2 is 1.48 bits per heavy atom. The van der Waals surface area contributed by atoms with Gasteiger partial charge in [0.1, 0.15) is 5.92 Å². The average Bonchev–Trinajstić information content (AvgIpc) is 2.53. The molecule has 1 atom stereocenters. The zero-order valence-corrected chi connectivity index (χ0v) is 13.0. The molecule has 6 heteroatoms. The third-order valence-electron chi connectivity index (χ3n) is 3.14. The van der Waals surface area contributed by atoms with Crippen molar-refractivity contribution in [3.63, 3.8) is 0 Å². The van der Waals surface area contributed by atoms with Crippen LogP contribution in [0.5, 0.6) is 17.2 Å². The van der Waals surface area contributed by atoms with Gasteiger partial charge in [0.05, 0.1) is 27.4 Å². The van der Waals surface area contributed by atoms with Gasteiger partial charge in [0, 0.05) is 14.2 Å². The van der Waals surface area contributed by atoms with Crippen molar-refractivity contribution in [2.45, 2.75) is 12.7 Å². The molecule has 0 aromatic heterocycles. The molecule has 1 rings (SSSR count). The van der Waals surface area contributed by atoms with Crippen LogP contribution in [0.25, 0.3) is 0 Å². The van der Waals surface area contributed by atoms with E-state index >= 15 is 0 Å². The van der Waals surface area contributed by atoms with Crippen molar-refractivity contribution < 1.29 is 23.7 Å². The minimum atomic E-state index is -0.589. The maximum absolute atomic E-state index is 9.28. The summed E-state index contributed by atoms with van der Waals surface area (Å²) >= 11 is 0. The lowest BCUT2D eigenvalue weighted by Gasteiger charge is -2.20. The Balaban J connectivity index is 3.11. The van der Waals surface area contributed by atoms with Crippen molar-refractivity contribution in [2.24, 2.45) is 5.92 Å². The number of rotatable bonds is 8. The van der Waals surface area contributed by atoms with Crippen molar-refractivity contribution >= 4 is 0 Å². The van der Waals surface area contributed by atoms with Crippen molar-refractivity contribution in [3.05, 3.63) is 17.7 Å². The fourth-order valence-electron chi connectivity index (χ4n) is 2.13. The van der Waals surface area contributed by atoms with Crippen LogP contribution in [0.4, 0.5) is 0 Å². The maximum Gasteiger partial charge on any atom is 0.203 e. The van der Waals surface area contributed by atoms with Crippen molar-refractivity contribution in [3.8, 4) is 23.3 Å². The lowest BCUT2D eigenvalue weighted by molar-refractivity contribution is -0.124. The first kappa shape index (κ1) is 17.1. The Morgan fingerprint density at radius 1 is 0.952 bits per heavy atom. The maximum atomic E-state index is 9.28. The molecule has 0 amide bonds. The lowest BCUT2D eigenvalue weighted by atomic mass is 9.99. The third-order valence-corrected chi connectivity index (χ3v) is 3.14. The minimum absolute atomic E-state index is 0.442. The number of nitriles is 1. The van der Waals surface area contributed by atoms with Crippen LogP contribution in [0.2, 0.25) is 0 Å². The van der Waals surface area contributed by atoms with E-state index in [2.05, 4.69) is 6.07 Å². The monoisotopic (exact) mass is 295 g/mol. The van der Waals surface area contributed by atoms with E-state index in [-0.39, 0.29) is 0 Å². The molecule has 0 spiro atoms. The molecule has 0 heterocycles. The van der Waals surface area contributed by atoms with E-state index in [9.17, 15) is 5.26 Å². The van der Waals surface area contributed by atoms with Gasteiger partial charge in [-0.25, -0.2) is 0 Å². The van der Waals surface area contributed by atoms with Crippen LogP contribution in [-0.2, 0) is 15.9 Å². The fourth-order valence-corrected chi connectivity index (χ4v) is 2.13. The molecule has 0 saturated carbocycles. The summed E-state index contributed by atoms with van der Waals surface area (Å²) in [6, 6.07) is 5.82. The van der Waals surface area contributed by atoms with Crippen LogP contribution in [0.1, 0.15) is 5.56 Å². The van der Waals surface area contributed by atoms with Gasteiger partial charge in [-0.1, -0.05) is 0 Å². The van der Waals surface area contributed by atoms with Gasteiger partial charge in [-0.15, -0.1) is 0 Å². The number of benzene rings is 1. The summed E-state index contributed by atoms with van der Waals surface area (Å²) in [7, 11) is 7.66. The minimum Gasteiger partial charge on any atom is -0.493 e. The smallest absolute Gasteiger partial charge is 0.203 e. The summed E-state index contributed by atoms with van der Waals surface area (Å²) < 4.78 is 26.2. The molecule has 0 aliphatic heterocycles. The number of nitrogens with zero attached hydrogens (tertiary/aromatic N) is 1. The van der Waals surface area contributed by atoms with E-state index < -0.39 is 12.2 Å². The van der Waals surface area contributed by atoms with E-state index in [1.807, 2.05) is 12.1 Å². The summed E-state index contributed by atoms with van der Waals surface area (Å²) in [4.78, 5) is 0. The molecular weight excluding hydrogens is 274 g/mol. The molecule has 21 heavy (non-hydrogen) atoms. The van der Waals surface area contributed by atoms with E-state index in [1.165, 1.54) is 14.2 Å². The molecule has 0 fully saturated rings. The molecule has 0 aliphatic carbocycles. The molecule has 1 aromatic rings. The van der Waals surface area contributed by atoms with Gasteiger partial charge in [-0.05, 0) is 24.1 Å². The second-order valence-corrected chi connectivity index (χ2v) is 4.31. The fraction of sp³-hybridized carbons (Fsp3) is 0.533. The Labute approximate surface area is 125 Å². The number of methoxy groups -OCH3 is 5. The highest BCUT2D eigenvalue weighted by atomic mass is 16.7. The van der Waals surface area contributed by atoms with Crippen molar-refractivity contribution in [1.29, 1.82) is 5.26 Å². The van der Waals surface area contributed by atoms with E-state index in [1.54, 1.807) is 21.3 Å². The highest BCUT2D eigenvalue weighted by Gasteiger charge is 2.23. The highest BCUT2D eigenvalue weighted by Crippen LogP contribution is 2.38. The van der Waals surface area contributed by atoms with E-state index in [0.29, 0.717) is 23.7 Å². The van der Waals surface area contributed by atoms with Gasteiger partial charge < -0.3 is 23.7 Å². The van der Waals surface area contributed by atoms with Gasteiger partial charge in [0.15, 0.2) is 17.8 Å². The quantitative estimate of drug-likeness (QED) is 0.683. The van der Waals surface area contributed by atoms with Crippen molar-refractivity contribution in [1.82, 2.24) is 0 Å². The summed E-state index contributed by atoms with van der Waals surface area (Å²) in [6.07, 6.45) is -0.145. The molecule has 0 saturated heterocycles. The molecule has 0 aliphatic rings. The normalized spacial score (nSPS) is 11.9. The zero-order valence-electron chi connectivity index (χ0n) is 13.0. The molecule has 116 valence electrons. The first-order valence-electron chi connectivity index (χ1n) is 6.39. The zero-order chi connectivity index (χ0) is 15.8. The summed E-state index contributed by atoms with van der Waals surface area (Å²) in [5.74, 6) is 1.18. The van der Waals surface area contributed by atoms with Gasteiger partial charge in [0.25, 0.3) is 0 Å². The lowest BCUT2D eigenvalue weighted by Crippen LogP contribution is -2.25. The molecule has 0 unspecified atom stereocenters. The van der Waals surface area contributed by atoms with E-state index in [0.717, 1.165) is 5.56 Å². The average molecular weight is 295 g/mol.